The van der Waals surface area contributed by atoms with Crippen LogP contribution >= 0.6 is 0 Å². The van der Waals surface area contributed by atoms with E-state index in [0.717, 1.165) is 23.3 Å². The lowest BCUT2D eigenvalue weighted by Crippen LogP contribution is -2.06. The zero-order valence-electron chi connectivity index (χ0n) is 15.1. The van der Waals surface area contributed by atoms with Crippen LogP contribution in [0.5, 0.6) is 0 Å². The molecule has 2 aromatic heterocycles. The molecule has 8 heteroatoms. The van der Waals surface area contributed by atoms with E-state index >= 15 is 0 Å². The molecule has 5 nitrogen and oxygen atoms in total. The van der Waals surface area contributed by atoms with E-state index in [1.165, 1.54) is 10.6 Å². The number of alkyl halides is 3. The van der Waals surface area contributed by atoms with Crippen molar-refractivity contribution >= 4 is 17.3 Å². The Morgan fingerprint density at radius 3 is 2.46 bits per heavy atom. The normalized spacial score (nSPS) is 11.8. The van der Waals surface area contributed by atoms with Gasteiger partial charge in [0.1, 0.15) is 5.82 Å². The Bertz CT molecular complexity index is 1160. The zero-order valence-corrected chi connectivity index (χ0v) is 15.1. The molecule has 2 heterocycles. The molecule has 0 fully saturated rings. The summed E-state index contributed by atoms with van der Waals surface area (Å²) in [6, 6.07) is 14.4. The van der Waals surface area contributed by atoms with Gasteiger partial charge in [-0.05, 0) is 37.6 Å². The lowest BCUT2D eigenvalue weighted by molar-refractivity contribution is -0.137. The van der Waals surface area contributed by atoms with Crippen molar-refractivity contribution in [2.24, 2.45) is 0 Å². The van der Waals surface area contributed by atoms with Crippen LogP contribution in [0.15, 0.2) is 54.6 Å². The van der Waals surface area contributed by atoms with Gasteiger partial charge in [-0.3, -0.25) is 0 Å². The Hall–Kier alpha value is -3.42. The summed E-state index contributed by atoms with van der Waals surface area (Å²) in [6.45, 7) is 3.75. The topological polar surface area (TPSA) is 55.1 Å². The van der Waals surface area contributed by atoms with E-state index in [-0.39, 0.29) is 0 Å². The first-order valence-corrected chi connectivity index (χ1v) is 8.56. The van der Waals surface area contributed by atoms with E-state index in [0.29, 0.717) is 28.8 Å². The van der Waals surface area contributed by atoms with Gasteiger partial charge in [0.2, 0.25) is 0 Å². The van der Waals surface area contributed by atoms with Crippen LogP contribution < -0.4 is 5.32 Å². The van der Waals surface area contributed by atoms with Gasteiger partial charge in [0.15, 0.2) is 5.82 Å². The summed E-state index contributed by atoms with van der Waals surface area (Å²) in [6.07, 6.45) is -4.41. The summed E-state index contributed by atoms with van der Waals surface area (Å²) in [5.74, 6) is 1.35. The second kappa shape index (κ2) is 6.63. The number of anilines is 2. The summed E-state index contributed by atoms with van der Waals surface area (Å²) < 4.78 is 40.5. The number of rotatable bonds is 3. The highest BCUT2D eigenvalue weighted by Crippen LogP contribution is 2.31. The molecule has 0 aliphatic rings. The second-order valence-electron chi connectivity index (χ2n) is 6.45. The number of fused-ring (bicyclic) bond motifs is 1. The third-order valence-corrected chi connectivity index (χ3v) is 4.29. The number of nitrogens with one attached hydrogen (secondary N) is 1. The number of aryl methyl sites for hydroxylation is 2. The number of hydrogen-bond donors (Lipinski definition) is 1. The van der Waals surface area contributed by atoms with Crippen LogP contribution in [0.3, 0.4) is 0 Å². The first kappa shape index (κ1) is 18.0. The highest BCUT2D eigenvalue weighted by Gasteiger charge is 2.30. The molecule has 0 atom stereocenters. The number of halogens is 3. The van der Waals surface area contributed by atoms with E-state index in [1.54, 1.807) is 19.1 Å². The molecule has 1 N–H and O–H groups in total. The Balaban J connectivity index is 1.79. The molecule has 0 unspecified atom stereocenters. The largest absolute Gasteiger partial charge is 0.416 e. The molecule has 0 amide bonds. The fourth-order valence-corrected chi connectivity index (χ4v) is 2.93. The highest BCUT2D eigenvalue weighted by atomic mass is 19.4. The van der Waals surface area contributed by atoms with Gasteiger partial charge in [-0.25, -0.2) is 4.98 Å². The van der Waals surface area contributed by atoms with Crippen molar-refractivity contribution in [3.8, 4) is 11.4 Å². The minimum absolute atomic E-state index is 0.301. The van der Waals surface area contributed by atoms with Crippen molar-refractivity contribution in [2.75, 3.05) is 5.32 Å². The Kier molecular flexibility index (Phi) is 4.26. The molecular formula is C20H16F3N5. The SMILES string of the molecule is Cc1cc(Nc2cccc(C(F)(F)F)c2)n2nc(-c3ccccc3C)nc2n1. The van der Waals surface area contributed by atoms with Crippen molar-refractivity contribution in [3.05, 3.63) is 71.4 Å². The molecule has 0 bridgehead atoms. The van der Waals surface area contributed by atoms with Crippen LogP contribution in [0.1, 0.15) is 16.8 Å². The average molecular weight is 383 g/mol. The van der Waals surface area contributed by atoms with Gasteiger partial charge in [-0.15, -0.1) is 5.10 Å². The molecule has 0 radical (unpaired) electrons. The minimum Gasteiger partial charge on any atom is -0.340 e. The fourth-order valence-electron chi connectivity index (χ4n) is 2.93. The van der Waals surface area contributed by atoms with Crippen molar-refractivity contribution in [3.63, 3.8) is 0 Å². The molecule has 4 aromatic rings. The molecule has 142 valence electrons. The Morgan fingerprint density at radius 1 is 0.929 bits per heavy atom. The van der Waals surface area contributed by atoms with Gasteiger partial charge in [-0.1, -0.05) is 30.3 Å². The van der Waals surface area contributed by atoms with Gasteiger partial charge < -0.3 is 5.32 Å². The molecular weight excluding hydrogens is 367 g/mol. The quantitative estimate of drug-likeness (QED) is 0.530. The third kappa shape index (κ3) is 3.40. The number of hydrogen-bond acceptors (Lipinski definition) is 4. The second-order valence-corrected chi connectivity index (χ2v) is 6.45. The molecule has 4 rings (SSSR count). The van der Waals surface area contributed by atoms with Gasteiger partial charge in [0.25, 0.3) is 5.78 Å². The zero-order chi connectivity index (χ0) is 19.9. The molecule has 0 spiro atoms. The molecule has 0 aliphatic carbocycles. The standard InChI is InChI=1S/C20H16F3N5/c1-12-6-3-4-9-16(12)18-26-19-24-13(2)10-17(28(19)27-18)25-15-8-5-7-14(11-15)20(21,22)23/h3-11,25H,1-2H3. The summed E-state index contributed by atoms with van der Waals surface area (Å²) >= 11 is 0. The van der Waals surface area contributed by atoms with Crippen LogP contribution in [-0.4, -0.2) is 19.6 Å². The fraction of sp³-hybridized carbons (Fsp3) is 0.150. The van der Waals surface area contributed by atoms with Crippen LogP contribution in [0.2, 0.25) is 0 Å². The van der Waals surface area contributed by atoms with Gasteiger partial charge >= 0.3 is 6.18 Å². The summed E-state index contributed by atoms with van der Waals surface area (Å²) in [5, 5.41) is 7.51. The van der Waals surface area contributed by atoms with E-state index in [4.69, 9.17) is 0 Å². The lowest BCUT2D eigenvalue weighted by atomic mass is 10.1. The molecule has 2 aromatic carbocycles. The molecule has 0 aliphatic heterocycles. The van der Waals surface area contributed by atoms with Gasteiger partial charge in [0.05, 0.1) is 5.56 Å². The minimum atomic E-state index is -4.41. The van der Waals surface area contributed by atoms with Crippen LogP contribution in [-0.2, 0) is 6.18 Å². The van der Waals surface area contributed by atoms with Crippen molar-refractivity contribution in [2.45, 2.75) is 20.0 Å². The van der Waals surface area contributed by atoms with Crippen molar-refractivity contribution in [1.29, 1.82) is 0 Å². The Labute approximate surface area is 158 Å². The van der Waals surface area contributed by atoms with Gasteiger partial charge in [0, 0.05) is 23.0 Å². The molecule has 0 saturated heterocycles. The van der Waals surface area contributed by atoms with E-state index in [9.17, 15) is 13.2 Å². The van der Waals surface area contributed by atoms with Gasteiger partial charge in [-0.2, -0.15) is 22.7 Å². The predicted octanol–water partition coefficient (Wildman–Crippen LogP) is 5.17. The smallest absolute Gasteiger partial charge is 0.340 e. The van der Waals surface area contributed by atoms with E-state index in [2.05, 4.69) is 20.4 Å². The summed E-state index contributed by atoms with van der Waals surface area (Å²) in [7, 11) is 0. The monoisotopic (exact) mass is 383 g/mol. The maximum Gasteiger partial charge on any atom is 0.416 e. The number of benzene rings is 2. The third-order valence-electron chi connectivity index (χ3n) is 4.29. The maximum absolute atomic E-state index is 13.0. The lowest BCUT2D eigenvalue weighted by Gasteiger charge is -2.11. The number of nitrogens with zero attached hydrogens (tertiary/aromatic N) is 4. The average Bonchev–Trinajstić information content (AvgIpc) is 3.05. The summed E-state index contributed by atoms with van der Waals surface area (Å²) in [5.41, 5.74) is 2.14. The van der Waals surface area contributed by atoms with Crippen LogP contribution in [0.25, 0.3) is 17.2 Å². The van der Waals surface area contributed by atoms with Crippen LogP contribution in [0, 0.1) is 13.8 Å². The first-order chi connectivity index (χ1) is 13.3. The number of aromatic nitrogens is 4. The van der Waals surface area contributed by atoms with E-state index < -0.39 is 11.7 Å². The predicted molar refractivity (Wildman–Crippen MR) is 100 cm³/mol. The van der Waals surface area contributed by atoms with E-state index in [1.807, 2.05) is 31.2 Å². The molecule has 0 saturated carbocycles. The summed E-state index contributed by atoms with van der Waals surface area (Å²) in [4.78, 5) is 8.86. The highest BCUT2D eigenvalue weighted by molar-refractivity contribution is 5.64. The first-order valence-electron chi connectivity index (χ1n) is 8.56. The van der Waals surface area contributed by atoms with Crippen LogP contribution in [0.4, 0.5) is 24.7 Å². The molecule has 28 heavy (non-hydrogen) atoms. The van der Waals surface area contributed by atoms with Crippen molar-refractivity contribution in [1.82, 2.24) is 19.6 Å². The maximum atomic E-state index is 13.0. The Morgan fingerprint density at radius 2 is 1.71 bits per heavy atom. The van der Waals surface area contributed by atoms with Crippen molar-refractivity contribution < 1.29 is 13.2 Å².